The van der Waals surface area contributed by atoms with Crippen LogP contribution in [0.25, 0.3) is 0 Å². The van der Waals surface area contributed by atoms with Gasteiger partial charge in [-0.25, -0.2) is 4.98 Å². The van der Waals surface area contributed by atoms with Crippen molar-refractivity contribution < 1.29 is 14.5 Å². The molecular formula is C14H13N3O4S. The van der Waals surface area contributed by atoms with Crippen molar-refractivity contribution in [3.05, 3.63) is 52.2 Å². The van der Waals surface area contributed by atoms with E-state index in [1.807, 2.05) is 6.26 Å². The number of nitrogens with one attached hydrogen (secondary N) is 1. The molecule has 0 radical (unpaired) electrons. The normalized spacial score (nSPS) is 10.1. The van der Waals surface area contributed by atoms with E-state index in [1.54, 1.807) is 18.3 Å². The Morgan fingerprint density at radius 1 is 1.41 bits per heavy atom. The number of non-ortho nitro benzene ring substituents is 1. The van der Waals surface area contributed by atoms with Gasteiger partial charge in [-0.2, -0.15) is 0 Å². The van der Waals surface area contributed by atoms with Gasteiger partial charge < -0.3 is 10.1 Å². The van der Waals surface area contributed by atoms with Crippen molar-refractivity contribution in [3.63, 3.8) is 0 Å². The lowest BCUT2D eigenvalue weighted by molar-refractivity contribution is -0.384. The van der Waals surface area contributed by atoms with Crippen LogP contribution in [-0.2, 0) is 0 Å². The summed E-state index contributed by atoms with van der Waals surface area (Å²) in [6, 6.07) is 7.29. The Labute approximate surface area is 130 Å². The molecule has 114 valence electrons. The smallest absolute Gasteiger partial charge is 0.271 e. The highest BCUT2D eigenvalue weighted by atomic mass is 32.2. The molecule has 1 N–H and O–H groups in total. The fourth-order valence-electron chi connectivity index (χ4n) is 1.82. The molecule has 0 saturated carbocycles. The number of carbonyl (C=O) groups excluding carboxylic acids is 1. The van der Waals surface area contributed by atoms with Gasteiger partial charge in [0.15, 0.2) is 0 Å². The summed E-state index contributed by atoms with van der Waals surface area (Å²) in [5, 5.41) is 14.0. The number of pyridine rings is 1. The minimum absolute atomic E-state index is 0.132. The fraction of sp³-hybridized carbons (Fsp3) is 0.143. The Balaban J connectivity index is 2.35. The number of hydrogen-bond donors (Lipinski definition) is 1. The maximum Gasteiger partial charge on any atom is 0.271 e. The molecule has 0 bridgehead atoms. The van der Waals surface area contributed by atoms with Crippen LogP contribution >= 0.6 is 11.8 Å². The van der Waals surface area contributed by atoms with Gasteiger partial charge in [-0.05, 0) is 24.5 Å². The molecule has 0 aliphatic carbocycles. The van der Waals surface area contributed by atoms with E-state index in [4.69, 9.17) is 4.74 Å². The van der Waals surface area contributed by atoms with Crippen molar-refractivity contribution in [1.82, 2.24) is 4.98 Å². The summed E-state index contributed by atoms with van der Waals surface area (Å²) < 4.78 is 5.12. The predicted octanol–water partition coefficient (Wildman–Crippen LogP) is 2.97. The average molecular weight is 319 g/mol. The monoisotopic (exact) mass is 319 g/mol. The van der Waals surface area contributed by atoms with Crippen LogP contribution in [0.15, 0.2) is 41.6 Å². The third kappa shape index (κ3) is 3.34. The molecule has 22 heavy (non-hydrogen) atoms. The second-order valence-electron chi connectivity index (χ2n) is 4.16. The fourth-order valence-corrected chi connectivity index (χ4v) is 2.37. The Morgan fingerprint density at radius 3 is 2.82 bits per heavy atom. The van der Waals surface area contributed by atoms with Crippen LogP contribution in [-0.4, -0.2) is 29.2 Å². The molecule has 0 atom stereocenters. The zero-order valence-electron chi connectivity index (χ0n) is 11.9. The Bertz CT molecular complexity index is 721. The number of thioether (sulfide) groups is 1. The van der Waals surface area contributed by atoms with E-state index in [2.05, 4.69) is 10.3 Å². The molecule has 2 rings (SSSR count). The molecular weight excluding hydrogens is 306 g/mol. The zero-order chi connectivity index (χ0) is 16.1. The molecule has 1 aromatic heterocycles. The third-order valence-electron chi connectivity index (χ3n) is 2.85. The number of benzene rings is 1. The number of carbonyl (C=O) groups is 1. The zero-order valence-corrected chi connectivity index (χ0v) is 12.7. The first-order valence-corrected chi connectivity index (χ1v) is 7.42. The number of ether oxygens (including phenoxy) is 1. The Kier molecular flexibility index (Phi) is 4.95. The van der Waals surface area contributed by atoms with Crippen LogP contribution in [0.5, 0.6) is 5.75 Å². The van der Waals surface area contributed by atoms with E-state index in [-0.39, 0.29) is 11.4 Å². The Hall–Kier alpha value is -2.61. The minimum atomic E-state index is -0.535. The number of hydrogen-bond acceptors (Lipinski definition) is 6. The van der Waals surface area contributed by atoms with Crippen LogP contribution in [0.4, 0.5) is 11.4 Å². The third-order valence-corrected chi connectivity index (χ3v) is 3.56. The van der Waals surface area contributed by atoms with Crippen molar-refractivity contribution in [1.29, 1.82) is 0 Å². The van der Waals surface area contributed by atoms with Gasteiger partial charge in [0.1, 0.15) is 10.8 Å². The van der Waals surface area contributed by atoms with Crippen molar-refractivity contribution in [2.45, 2.75) is 5.03 Å². The van der Waals surface area contributed by atoms with Crippen molar-refractivity contribution in [2.75, 3.05) is 18.7 Å². The summed E-state index contributed by atoms with van der Waals surface area (Å²) in [4.78, 5) is 26.8. The molecule has 0 fully saturated rings. The van der Waals surface area contributed by atoms with Crippen LogP contribution in [0.1, 0.15) is 10.4 Å². The highest BCUT2D eigenvalue weighted by Crippen LogP contribution is 2.29. The number of anilines is 1. The summed E-state index contributed by atoms with van der Waals surface area (Å²) in [7, 11) is 1.42. The number of methoxy groups -OCH3 is 1. The van der Waals surface area contributed by atoms with Gasteiger partial charge in [-0.3, -0.25) is 14.9 Å². The second-order valence-corrected chi connectivity index (χ2v) is 4.95. The SMILES string of the molecule is COc1ccc([N+](=O)[O-])cc1NC(=O)c1cccnc1SC. The van der Waals surface area contributed by atoms with Crippen LogP contribution in [0, 0.1) is 10.1 Å². The topological polar surface area (TPSA) is 94.4 Å². The number of nitro benzene ring substituents is 1. The predicted molar refractivity (Wildman–Crippen MR) is 83.6 cm³/mol. The van der Waals surface area contributed by atoms with Crippen molar-refractivity contribution >= 4 is 29.0 Å². The number of nitrogens with zero attached hydrogens (tertiary/aromatic N) is 2. The molecule has 8 heteroatoms. The first-order chi connectivity index (χ1) is 10.6. The molecule has 1 amide bonds. The van der Waals surface area contributed by atoms with Gasteiger partial charge in [0.05, 0.1) is 23.3 Å². The summed E-state index contributed by atoms with van der Waals surface area (Å²) in [5.74, 6) is -0.0650. The van der Waals surface area contributed by atoms with Crippen molar-refractivity contribution in [2.24, 2.45) is 0 Å². The van der Waals surface area contributed by atoms with Crippen LogP contribution in [0.3, 0.4) is 0 Å². The maximum absolute atomic E-state index is 12.4. The van der Waals surface area contributed by atoms with Gasteiger partial charge in [-0.15, -0.1) is 11.8 Å². The molecule has 1 aromatic carbocycles. The van der Waals surface area contributed by atoms with Gasteiger partial charge in [0, 0.05) is 18.3 Å². The highest BCUT2D eigenvalue weighted by molar-refractivity contribution is 7.98. The molecule has 0 aliphatic rings. The lowest BCUT2D eigenvalue weighted by Crippen LogP contribution is -2.14. The van der Waals surface area contributed by atoms with E-state index in [0.29, 0.717) is 16.3 Å². The summed E-state index contributed by atoms with van der Waals surface area (Å²) in [6.45, 7) is 0. The summed E-state index contributed by atoms with van der Waals surface area (Å²) in [5.41, 5.74) is 0.494. The number of nitro groups is 1. The number of rotatable bonds is 5. The van der Waals surface area contributed by atoms with Gasteiger partial charge in [-0.1, -0.05) is 0 Å². The van der Waals surface area contributed by atoms with Crippen molar-refractivity contribution in [3.8, 4) is 5.75 Å². The molecule has 7 nitrogen and oxygen atoms in total. The first-order valence-electron chi connectivity index (χ1n) is 6.19. The summed E-state index contributed by atoms with van der Waals surface area (Å²) >= 11 is 1.34. The average Bonchev–Trinajstić information content (AvgIpc) is 2.54. The maximum atomic E-state index is 12.4. The molecule has 1 heterocycles. The first kappa shape index (κ1) is 15.8. The number of aromatic nitrogens is 1. The van der Waals surface area contributed by atoms with E-state index in [9.17, 15) is 14.9 Å². The quantitative estimate of drug-likeness (QED) is 0.517. The lowest BCUT2D eigenvalue weighted by Gasteiger charge is -2.11. The standard InChI is InChI=1S/C14H13N3O4S/c1-21-12-6-5-9(17(19)20)8-11(12)16-13(18)10-4-3-7-15-14(10)22-2/h3-8H,1-2H3,(H,16,18). The van der Waals surface area contributed by atoms with E-state index in [0.717, 1.165) is 0 Å². The van der Waals surface area contributed by atoms with E-state index in [1.165, 1.54) is 37.1 Å². The minimum Gasteiger partial charge on any atom is -0.495 e. The molecule has 2 aromatic rings. The van der Waals surface area contributed by atoms with Gasteiger partial charge in [0.25, 0.3) is 11.6 Å². The van der Waals surface area contributed by atoms with E-state index < -0.39 is 10.8 Å². The summed E-state index contributed by atoms with van der Waals surface area (Å²) in [6.07, 6.45) is 3.41. The van der Waals surface area contributed by atoms with Gasteiger partial charge in [0.2, 0.25) is 0 Å². The molecule has 0 unspecified atom stereocenters. The largest absolute Gasteiger partial charge is 0.495 e. The molecule has 0 spiro atoms. The molecule has 0 saturated heterocycles. The molecule has 0 aliphatic heterocycles. The number of amides is 1. The lowest BCUT2D eigenvalue weighted by atomic mass is 10.2. The van der Waals surface area contributed by atoms with Gasteiger partial charge >= 0.3 is 0 Å². The second kappa shape index (κ2) is 6.90. The van der Waals surface area contributed by atoms with E-state index >= 15 is 0 Å². The van der Waals surface area contributed by atoms with Crippen LogP contribution in [0.2, 0.25) is 0 Å². The Morgan fingerprint density at radius 2 is 2.18 bits per heavy atom. The highest BCUT2D eigenvalue weighted by Gasteiger charge is 2.16. The van der Waals surface area contributed by atoms with Crippen LogP contribution < -0.4 is 10.1 Å².